The summed E-state index contributed by atoms with van der Waals surface area (Å²) in [4.78, 5) is 58.6. The Labute approximate surface area is 304 Å². The largest absolute Gasteiger partial charge is 0.508 e. The molecule has 1 aliphatic rings. The van der Waals surface area contributed by atoms with E-state index in [-0.39, 0.29) is 43.9 Å². The minimum Gasteiger partial charge on any atom is -0.508 e. The van der Waals surface area contributed by atoms with Gasteiger partial charge >= 0.3 is 6.09 Å². The van der Waals surface area contributed by atoms with Crippen LogP contribution in [0.25, 0.3) is 10.9 Å². The predicted octanol–water partition coefficient (Wildman–Crippen LogP) is 5.86. The van der Waals surface area contributed by atoms with Crippen LogP contribution in [0.3, 0.4) is 0 Å². The molecule has 5 rings (SSSR count). The molecule has 0 spiro atoms. The van der Waals surface area contributed by atoms with E-state index in [1.165, 1.54) is 30.3 Å². The quantitative estimate of drug-likeness (QED) is 0.100. The average molecular weight is 741 g/mol. The highest BCUT2D eigenvalue weighted by Crippen LogP contribution is 2.38. The number of aromatic hydroxyl groups is 1. The van der Waals surface area contributed by atoms with Crippen molar-refractivity contribution >= 4 is 57.9 Å². The highest BCUT2D eigenvalue weighted by molar-refractivity contribution is 6.38. The lowest BCUT2D eigenvalue weighted by molar-refractivity contribution is -0.138. The molecule has 0 fully saturated rings. The number of aromatic amines is 1. The van der Waals surface area contributed by atoms with Crippen LogP contribution in [0.1, 0.15) is 55.5 Å². The molecular weight excluding hydrogens is 700 g/mol. The van der Waals surface area contributed by atoms with E-state index in [1.54, 1.807) is 37.3 Å². The maximum atomic E-state index is 14.6. The molecule has 0 bridgehead atoms. The Morgan fingerprint density at radius 3 is 2.45 bits per heavy atom. The topological polar surface area (TPSA) is 178 Å². The summed E-state index contributed by atoms with van der Waals surface area (Å²) in [6.07, 6.45) is -0.346. The Morgan fingerprint density at radius 2 is 1.80 bits per heavy atom. The zero-order chi connectivity index (χ0) is 37.0. The van der Waals surface area contributed by atoms with Crippen LogP contribution in [-0.2, 0) is 40.2 Å². The van der Waals surface area contributed by atoms with E-state index in [0.717, 1.165) is 16.2 Å². The number of benzene rings is 3. The molecule has 14 heteroatoms. The Bertz CT molecular complexity index is 1950. The molecule has 270 valence electrons. The molecule has 4 atom stereocenters. The first-order chi connectivity index (χ1) is 24.2. The first kappa shape index (κ1) is 37.4. The minimum atomic E-state index is -1.66. The number of hydrogen-bond donors (Lipinski definition) is 6. The van der Waals surface area contributed by atoms with Crippen molar-refractivity contribution in [3.05, 3.63) is 98.9 Å². The molecule has 4 amide bonds. The fraction of sp³-hybridized carbons (Fsp3) is 0.351. The second-order valence-electron chi connectivity index (χ2n) is 13.1. The van der Waals surface area contributed by atoms with Crippen molar-refractivity contribution < 1.29 is 33.8 Å². The number of phenols is 1. The molecule has 1 aromatic heterocycles. The van der Waals surface area contributed by atoms with Gasteiger partial charge in [-0.3, -0.25) is 19.3 Å². The number of carbonyl (C=O) groups is 4. The number of carboxylic acid groups (broad SMARTS) is 1. The average Bonchev–Trinajstić information content (AvgIpc) is 3.44. The summed E-state index contributed by atoms with van der Waals surface area (Å²) in [5.74, 6) is -3.00. The van der Waals surface area contributed by atoms with E-state index in [4.69, 9.17) is 28.9 Å². The Kier molecular flexibility index (Phi) is 11.5. The lowest BCUT2D eigenvalue weighted by Crippen LogP contribution is -2.66. The summed E-state index contributed by atoms with van der Waals surface area (Å²) in [6.45, 7) is 3.32. The SMILES string of the molecule is CC[C@H](C)C(NC(=O)[C@@]1(NC(=O)[C@H](CCc2ccc(O)cc2)N(Cc2cccc(F)c2)C(=O)O)CCc2[nH]c3c(Cl)cc(Cl)cc3c2C1)C(N)=O. The van der Waals surface area contributed by atoms with E-state index >= 15 is 0 Å². The van der Waals surface area contributed by atoms with Crippen LogP contribution >= 0.6 is 23.2 Å². The summed E-state index contributed by atoms with van der Waals surface area (Å²) in [6, 6.07) is 12.6. The number of nitrogens with two attached hydrogens (primary N) is 1. The number of aromatic nitrogens is 1. The Hall–Kier alpha value is -4.81. The van der Waals surface area contributed by atoms with Gasteiger partial charge in [-0.05, 0) is 84.7 Å². The normalized spacial score (nSPS) is 17.2. The first-order valence-corrected chi connectivity index (χ1v) is 17.4. The number of hydrogen-bond acceptors (Lipinski definition) is 5. The number of halogens is 3. The third-order valence-corrected chi connectivity index (χ3v) is 10.2. The number of nitrogens with one attached hydrogen (secondary N) is 3. The zero-order valence-corrected chi connectivity index (χ0v) is 29.7. The van der Waals surface area contributed by atoms with Gasteiger partial charge in [-0.25, -0.2) is 9.18 Å². The van der Waals surface area contributed by atoms with E-state index in [1.807, 2.05) is 6.92 Å². The van der Waals surface area contributed by atoms with Gasteiger partial charge in [-0.1, -0.05) is 67.7 Å². The number of amides is 4. The highest BCUT2D eigenvalue weighted by atomic mass is 35.5. The monoisotopic (exact) mass is 739 g/mol. The summed E-state index contributed by atoms with van der Waals surface area (Å²) >= 11 is 12.9. The van der Waals surface area contributed by atoms with Gasteiger partial charge in [0, 0.05) is 29.1 Å². The van der Waals surface area contributed by atoms with Crippen molar-refractivity contribution in [2.45, 2.75) is 76.5 Å². The Morgan fingerprint density at radius 1 is 1.08 bits per heavy atom. The van der Waals surface area contributed by atoms with E-state index in [2.05, 4.69) is 15.6 Å². The van der Waals surface area contributed by atoms with Gasteiger partial charge < -0.3 is 31.6 Å². The first-order valence-electron chi connectivity index (χ1n) is 16.6. The summed E-state index contributed by atoms with van der Waals surface area (Å²) < 4.78 is 14.2. The maximum Gasteiger partial charge on any atom is 0.408 e. The van der Waals surface area contributed by atoms with Crippen molar-refractivity contribution in [1.82, 2.24) is 20.5 Å². The third-order valence-electron chi connectivity index (χ3n) is 9.71. The molecule has 1 heterocycles. The molecule has 0 aliphatic heterocycles. The number of carbonyl (C=O) groups excluding carboxylic acids is 3. The number of nitrogens with zero attached hydrogens (tertiary/aromatic N) is 1. The number of H-pyrrole nitrogens is 1. The molecule has 1 aliphatic carbocycles. The van der Waals surface area contributed by atoms with Crippen LogP contribution in [-0.4, -0.2) is 61.5 Å². The van der Waals surface area contributed by atoms with Crippen LogP contribution in [0.4, 0.5) is 9.18 Å². The van der Waals surface area contributed by atoms with Crippen LogP contribution < -0.4 is 16.4 Å². The van der Waals surface area contributed by atoms with Gasteiger partial charge in [0.1, 0.15) is 29.2 Å². The van der Waals surface area contributed by atoms with Crippen molar-refractivity contribution in [2.24, 2.45) is 11.7 Å². The molecule has 0 saturated heterocycles. The lowest BCUT2D eigenvalue weighted by Gasteiger charge is -2.40. The minimum absolute atomic E-state index is 0.0176. The number of aryl methyl sites for hydroxylation is 2. The zero-order valence-electron chi connectivity index (χ0n) is 28.1. The van der Waals surface area contributed by atoms with Crippen LogP contribution in [0.2, 0.25) is 10.0 Å². The number of phenolic OH excluding ortho intramolecular Hbond substituents is 1. The number of fused-ring (bicyclic) bond motifs is 3. The molecule has 11 nitrogen and oxygen atoms in total. The van der Waals surface area contributed by atoms with Crippen LogP contribution in [0.5, 0.6) is 5.75 Å². The molecule has 4 aromatic rings. The van der Waals surface area contributed by atoms with Crippen LogP contribution in [0.15, 0.2) is 60.7 Å². The lowest BCUT2D eigenvalue weighted by atomic mass is 9.78. The van der Waals surface area contributed by atoms with Gasteiger partial charge in [0.25, 0.3) is 0 Å². The second-order valence-corrected chi connectivity index (χ2v) is 14.0. The maximum absolute atomic E-state index is 14.6. The van der Waals surface area contributed by atoms with E-state index in [9.17, 15) is 33.8 Å². The van der Waals surface area contributed by atoms with Crippen molar-refractivity contribution in [3.8, 4) is 5.75 Å². The highest BCUT2D eigenvalue weighted by Gasteiger charge is 2.47. The van der Waals surface area contributed by atoms with Crippen molar-refractivity contribution in [1.29, 1.82) is 0 Å². The summed E-state index contributed by atoms with van der Waals surface area (Å²) in [5.41, 5.74) is 7.20. The molecule has 3 aromatic carbocycles. The summed E-state index contributed by atoms with van der Waals surface area (Å²) in [7, 11) is 0. The molecule has 51 heavy (non-hydrogen) atoms. The molecular formula is C37H40Cl2FN5O6. The van der Waals surface area contributed by atoms with Gasteiger partial charge in [-0.15, -0.1) is 0 Å². The predicted molar refractivity (Wildman–Crippen MR) is 192 cm³/mol. The Balaban J connectivity index is 1.56. The molecule has 0 radical (unpaired) electrons. The number of rotatable bonds is 13. The fourth-order valence-electron chi connectivity index (χ4n) is 6.69. The van der Waals surface area contributed by atoms with E-state index < -0.39 is 47.3 Å². The third kappa shape index (κ3) is 8.40. The smallest absolute Gasteiger partial charge is 0.408 e. The number of primary amides is 1. The molecule has 0 saturated carbocycles. The van der Waals surface area contributed by atoms with Crippen molar-refractivity contribution in [2.75, 3.05) is 0 Å². The second kappa shape index (κ2) is 15.6. The van der Waals surface area contributed by atoms with Gasteiger partial charge in [-0.2, -0.15) is 0 Å². The van der Waals surface area contributed by atoms with Gasteiger partial charge in [0.2, 0.25) is 17.7 Å². The van der Waals surface area contributed by atoms with E-state index in [0.29, 0.717) is 44.9 Å². The van der Waals surface area contributed by atoms with Gasteiger partial charge in [0.15, 0.2) is 0 Å². The fourth-order valence-corrected chi connectivity index (χ4v) is 7.23. The summed E-state index contributed by atoms with van der Waals surface area (Å²) in [5, 5.41) is 27.3. The molecule has 1 unspecified atom stereocenters. The van der Waals surface area contributed by atoms with Crippen LogP contribution in [0, 0.1) is 11.7 Å². The molecule has 7 N–H and O–H groups in total. The van der Waals surface area contributed by atoms with Gasteiger partial charge in [0.05, 0.1) is 10.5 Å². The van der Waals surface area contributed by atoms with Crippen molar-refractivity contribution in [3.63, 3.8) is 0 Å². The standard InChI is InChI=1S/C37H40Cl2FN5O6/c1-3-20(2)31(33(41)47)43-35(49)37(14-13-29-27(18-37)26-16-23(38)17-28(39)32(26)42-29)44-34(48)30(12-9-21-7-10-25(46)11-8-21)45(36(50)51)19-22-5-4-6-24(40)15-22/h4-8,10-11,15-17,20,30-31,42,46H,3,9,12-14,18-19H2,1-2H3,(H2,41,47)(H,43,49)(H,44,48)(H,50,51)/t20-,30-,31?,37+/m0/s1.